The summed E-state index contributed by atoms with van der Waals surface area (Å²) in [6, 6.07) is 17.2. The molecule has 0 aliphatic heterocycles. The molecule has 1 radical (unpaired) electrons. The zero-order valence-corrected chi connectivity index (χ0v) is 13.6. The summed E-state index contributed by atoms with van der Waals surface area (Å²) in [6.45, 7) is 0. The van der Waals surface area contributed by atoms with E-state index in [1.165, 1.54) is 11.3 Å². The normalized spacial score (nSPS) is 10.1. The molecule has 0 fully saturated rings. The number of hydrogen-bond acceptors (Lipinski definition) is 3. The molecule has 0 aliphatic rings. The van der Waals surface area contributed by atoms with Gasteiger partial charge in [-0.2, -0.15) is 0 Å². The van der Waals surface area contributed by atoms with E-state index in [4.69, 9.17) is 0 Å². The smallest absolute Gasteiger partial charge is 0.126 e. The molecule has 91 valence electrons. The van der Waals surface area contributed by atoms with E-state index >= 15 is 0 Å². The first-order valence-corrected chi connectivity index (χ1v) is 6.30. The molecule has 0 saturated carbocycles. The molecule has 0 unspecified atom stereocenters. The van der Waals surface area contributed by atoms with Gasteiger partial charge in [-0.1, -0.05) is 36.4 Å². The Morgan fingerprint density at radius 1 is 1.11 bits per heavy atom. The first kappa shape index (κ1) is 14.4. The SMILES string of the molecule is O=C(c1ccccc1)c1[c-]c2ccc(O)cc2s1.[Y]. The van der Waals surface area contributed by atoms with Crippen molar-refractivity contribution in [2.75, 3.05) is 0 Å². The van der Waals surface area contributed by atoms with Crippen molar-refractivity contribution in [1.29, 1.82) is 0 Å². The van der Waals surface area contributed by atoms with E-state index in [2.05, 4.69) is 6.07 Å². The fourth-order valence-electron chi connectivity index (χ4n) is 1.78. The number of rotatable bonds is 2. The van der Waals surface area contributed by atoms with Crippen LogP contribution in [0.3, 0.4) is 0 Å². The van der Waals surface area contributed by atoms with Gasteiger partial charge in [-0.15, -0.1) is 17.5 Å². The molecular formula is C15H9O2SY-. The van der Waals surface area contributed by atoms with Crippen molar-refractivity contribution in [2.24, 2.45) is 0 Å². The van der Waals surface area contributed by atoms with Gasteiger partial charge in [0, 0.05) is 32.7 Å². The van der Waals surface area contributed by atoms with E-state index in [-0.39, 0.29) is 44.2 Å². The van der Waals surface area contributed by atoms with E-state index < -0.39 is 0 Å². The average molecular weight is 342 g/mol. The second kappa shape index (κ2) is 5.95. The Labute approximate surface area is 140 Å². The summed E-state index contributed by atoms with van der Waals surface area (Å²) in [5, 5.41) is 10.3. The van der Waals surface area contributed by atoms with Gasteiger partial charge in [-0.3, -0.25) is 0 Å². The van der Waals surface area contributed by atoms with Crippen molar-refractivity contribution in [3.63, 3.8) is 0 Å². The van der Waals surface area contributed by atoms with Crippen molar-refractivity contribution in [1.82, 2.24) is 0 Å². The Kier molecular flexibility index (Phi) is 4.51. The predicted octanol–water partition coefficient (Wildman–Crippen LogP) is 3.64. The number of carbonyl (C=O) groups excluding carboxylic acids is 1. The van der Waals surface area contributed by atoms with Crippen LogP contribution in [0, 0.1) is 6.07 Å². The van der Waals surface area contributed by atoms with Gasteiger partial charge in [-0.05, 0) is 21.2 Å². The largest absolute Gasteiger partial charge is 0.510 e. The summed E-state index contributed by atoms with van der Waals surface area (Å²) in [5.41, 5.74) is 0.657. The standard InChI is InChI=1S/C15H9O2S.Y/c16-12-7-6-11-8-14(18-13(11)9-12)15(17)10-4-2-1-3-5-10;/h1-7,9,16H;/q-1;. The minimum Gasteiger partial charge on any atom is -0.510 e. The van der Waals surface area contributed by atoms with Gasteiger partial charge < -0.3 is 9.90 Å². The van der Waals surface area contributed by atoms with Crippen molar-refractivity contribution < 1.29 is 42.6 Å². The molecule has 0 amide bonds. The summed E-state index contributed by atoms with van der Waals surface area (Å²) < 4.78 is 0.870. The summed E-state index contributed by atoms with van der Waals surface area (Å²) in [5.74, 6) is 0.174. The zero-order valence-electron chi connectivity index (χ0n) is 9.96. The van der Waals surface area contributed by atoms with Gasteiger partial charge in [0.2, 0.25) is 0 Å². The summed E-state index contributed by atoms with van der Waals surface area (Å²) >= 11 is 1.35. The molecule has 0 atom stereocenters. The number of thiophene rings is 1. The van der Waals surface area contributed by atoms with E-state index in [1.807, 2.05) is 18.2 Å². The van der Waals surface area contributed by atoms with E-state index in [0.717, 1.165) is 10.1 Å². The Morgan fingerprint density at radius 3 is 2.58 bits per heavy atom. The number of phenols is 1. The maximum Gasteiger partial charge on any atom is 0.126 e. The van der Waals surface area contributed by atoms with Crippen LogP contribution in [0.15, 0.2) is 48.5 Å². The quantitative estimate of drug-likeness (QED) is 0.570. The van der Waals surface area contributed by atoms with Crippen LogP contribution in [0.4, 0.5) is 0 Å². The number of aromatic hydroxyl groups is 1. The van der Waals surface area contributed by atoms with Crippen molar-refractivity contribution in [3.8, 4) is 5.75 Å². The van der Waals surface area contributed by atoms with Gasteiger partial charge in [0.25, 0.3) is 0 Å². The maximum atomic E-state index is 12.2. The topological polar surface area (TPSA) is 37.3 Å². The summed E-state index contributed by atoms with van der Waals surface area (Å²) in [4.78, 5) is 12.8. The van der Waals surface area contributed by atoms with Crippen LogP contribution in [-0.4, -0.2) is 10.9 Å². The Bertz CT molecular complexity index is 719. The maximum absolute atomic E-state index is 12.2. The first-order valence-electron chi connectivity index (χ1n) is 5.48. The van der Waals surface area contributed by atoms with E-state index in [0.29, 0.717) is 10.4 Å². The van der Waals surface area contributed by atoms with E-state index in [9.17, 15) is 9.90 Å². The second-order valence-electron chi connectivity index (χ2n) is 3.93. The van der Waals surface area contributed by atoms with Crippen LogP contribution >= 0.6 is 11.3 Å². The molecule has 0 spiro atoms. The van der Waals surface area contributed by atoms with Crippen molar-refractivity contribution in [3.05, 3.63) is 65.0 Å². The van der Waals surface area contributed by atoms with Crippen molar-refractivity contribution in [2.45, 2.75) is 0 Å². The molecule has 3 aromatic rings. The third-order valence-electron chi connectivity index (χ3n) is 2.67. The molecule has 0 saturated heterocycles. The van der Waals surface area contributed by atoms with Crippen LogP contribution in [0.25, 0.3) is 10.1 Å². The van der Waals surface area contributed by atoms with Gasteiger partial charge >= 0.3 is 0 Å². The van der Waals surface area contributed by atoms with Gasteiger partial charge in [-0.25, -0.2) is 11.3 Å². The zero-order chi connectivity index (χ0) is 12.5. The molecule has 19 heavy (non-hydrogen) atoms. The van der Waals surface area contributed by atoms with E-state index in [1.54, 1.807) is 30.3 Å². The molecule has 2 nitrogen and oxygen atoms in total. The second-order valence-corrected chi connectivity index (χ2v) is 4.98. The molecule has 3 rings (SSSR count). The molecule has 1 heterocycles. The molecule has 0 aliphatic carbocycles. The monoisotopic (exact) mass is 342 g/mol. The van der Waals surface area contributed by atoms with Crippen LogP contribution in [0.5, 0.6) is 5.75 Å². The number of benzene rings is 2. The number of carbonyl (C=O) groups is 1. The summed E-state index contributed by atoms with van der Waals surface area (Å²) in [6.07, 6.45) is 0. The summed E-state index contributed by atoms with van der Waals surface area (Å²) in [7, 11) is 0. The Hall–Kier alpha value is -1.03. The molecule has 4 heteroatoms. The Morgan fingerprint density at radius 2 is 1.84 bits per heavy atom. The number of ketones is 1. The van der Waals surface area contributed by atoms with Crippen LogP contribution in [0.1, 0.15) is 15.2 Å². The molecule has 1 aromatic heterocycles. The fourth-order valence-corrected chi connectivity index (χ4v) is 2.78. The van der Waals surface area contributed by atoms with Crippen LogP contribution in [0.2, 0.25) is 0 Å². The molecule has 0 bridgehead atoms. The van der Waals surface area contributed by atoms with Gasteiger partial charge in [0.15, 0.2) is 0 Å². The van der Waals surface area contributed by atoms with Gasteiger partial charge in [0.05, 0.1) is 5.75 Å². The third-order valence-corrected chi connectivity index (χ3v) is 3.72. The third kappa shape index (κ3) is 2.94. The number of phenolic OH excluding ortho intramolecular Hbond substituents is 1. The number of hydrogen-bond donors (Lipinski definition) is 1. The molecule has 1 N–H and O–H groups in total. The minimum atomic E-state index is -0.0312. The Balaban J connectivity index is 0.00000133. The van der Waals surface area contributed by atoms with Gasteiger partial charge in [0.1, 0.15) is 5.78 Å². The van der Waals surface area contributed by atoms with Crippen LogP contribution < -0.4 is 0 Å². The average Bonchev–Trinajstić information content (AvgIpc) is 2.81. The predicted molar refractivity (Wildman–Crippen MR) is 72.2 cm³/mol. The number of fused-ring (bicyclic) bond motifs is 1. The molecule has 2 aromatic carbocycles. The van der Waals surface area contributed by atoms with Crippen LogP contribution in [-0.2, 0) is 32.7 Å². The molecular weight excluding hydrogens is 333 g/mol. The van der Waals surface area contributed by atoms with Crippen molar-refractivity contribution >= 4 is 27.2 Å². The minimum absolute atomic E-state index is 0. The first-order chi connectivity index (χ1) is 8.74. The fraction of sp³-hybridized carbons (Fsp3) is 0.